The highest BCUT2D eigenvalue weighted by atomic mass is 16.6. The van der Waals surface area contributed by atoms with Crippen LogP contribution in [0.2, 0.25) is 0 Å². The predicted octanol–water partition coefficient (Wildman–Crippen LogP) is 21.8. The molecule has 0 N–H and O–H groups in total. The van der Waals surface area contributed by atoms with E-state index in [4.69, 9.17) is 14.2 Å². The average molecular weight is 1060 g/mol. The molecule has 0 bridgehead atoms. The summed E-state index contributed by atoms with van der Waals surface area (Å²) in [5.74, 6) is -0.900. The number of carbonyl (C=O) groups excluding carboxylic acids is 3. The molecule has 0 amide bonds. The normalized spacial score (nSPS) is 12.8. The largest absolute Gasteiger partial charge is 0.462 e. The number of allylic oxidation sites excluding steroid dienone is 18. The van der Waals surface area contributed by atoms with E-state index in [0.29, 0.717) is 19.3 Å². The van der Waals surface area contributed by atoms with Crippen molar-refractivity contribution in [2.24, 2.45) is 0 Å². The molecule has 0 aromatic rings. The zero-order valence-corrected chi connectivity index (χ0v) is 49.7. The van der Waals surface area contributed by atoms with Crippen molar-refractivity contribution in [3.05, 3.63) is 109 Å². The van der Waals surface area contributed by atoms with Crippen LogP contribution in [0.25, 0.3) is 0 Å². The number of carbonyl (C=O) groups is 3. The van der Waals surface area contributed by atoms with Crippen molar-refractivity contribution in [2.75, 3.05) is 13.2 Å². The number of hydrogen-bond acceptors (Lipinski definition) is 6. The van der Waals surface area contributed by atoms with Crippen molar-refractivity contribution in [2.45, 2.75) is 303 Å². The average Bonchev–Trinajstić information content (AvgIpc) is 3.42. The quantitative estimate of drug-likeness (QED) is 0.0261. The lowest BCUT2D eigenvalue weighted by Crippen LogP contribution is -2.30. The van der Waals surface area contributed by atoms with E-state index < -0.39 is 6.10 Å². The summed E-state index contributed by atoms with van der Waals surface area (Å²) in [5, 5.41) is 0. The van der Waals surface area contributed by atoms with E-state index in [1.807, 2.05) is 0 Å². The third-order valence-corrected chi connectivity index (χ3v) is 13.5. The molecule has 0 aromatic carbocycles. The fourth-order valence-electron chi connectivity index (χ4n) is 8.77. The van der Waals surface area contributed by atoms with Gasteiger partial charge in [0.05, 0.1) is 0 Å². The monoisotopic (exact) mass is 1050 g/mol. The van der Waals surface area contributed by atoms with Gasteiger partial charge < -0.3 is 14.2 Å². The van der Waals surface area contributed by atoms with E-state index in [2.05, 4.69) is 130 Å². The molecule has 0 aliphatic rings. The molecule has 1 atom stereocenters. The summed E-state index contributed by atoms with van der Waals surface area (Å²) in [7, 11) is 0. The maximum Gasteiger partial charge on any atom is 0.306 e. The Balaban J connectivity index is 4.32. The Morgan fingerprint density at radius 2 is 0.513 bits per heavy atom. The highest BCUT2D eigenvalue weighted by molar-refractivity contribution is 5.71. The van der Waals surface area contributed by atoms with Gasteiger partial charge in [-0.25, -0.2) is 0 Å². The van der Waals surface area contributed by atoms with Crippen molar-refractivity contribution in [3.8, 4) is 0 Å². The van der Waals surface area contributed by atoms with Crippen LogP contribution in [0, 0.1) is 0 Å². The summed E-state index contributed by atoms with van der Waals surface area (Å²) in [6, 6.07) is 0. The Bertz CT molecular complexity index is 1540. The molecule has 0 aromatic heterocycles. The molecular formula is C70H118O6. The van der Waals surface area contributed by atoms with Crippen molar-refractivity contribution >= 4 is 17.9 Å². The first kappa shape index (κ1) is 72.1. The Hall–Kier alpha value is -3.93. The van der Waals surface area contributed by atoms with Crippen LogP contribution in [-0.4, -0.2) is 37.2 Å². The zero-order valence-electron chi connectivity index (χ0n) is 49.7. The van der Waals surface area contributed by atoms with Crippen LogP contribution in [0.5, 0.6) is 0 Å². The summed E-state index contributed by atoms with van der Waals surface area (Å²) in [6.45, 7) is 6.41. The van der Waals surface area contributed by atoms with Gasteiger partial charge in [0.15, 0.2) is 6.10 Å². The van der Waals surface area contributed by atoms with Gasteiger partial charge >= 0.3 is 17.9 Å². The molecule has 0 saturated carbocycles. The highest BCUT2D eigenvalue weighted by Gasteiger charge is 2.19. The Morgan fingerprint density at radius 3 is 0.816 bits per heavy atom. The Kier molecular flexibility index (Phi) is 60.3. The number of esters is 3. The molecule has 0 aliphatic carbocycles. The summed E-state index contributed by atoms with van der Waals surface area (Å²) < 4.78 is 16.9. The van der Waals surface area contributed by atoms with Gasteiger partial charge in [0.25, 0.3) is 0 Å². The van der Waals surface area contributed by atoms with Crippen LogP contribution in [0.15, 0.2) is 109 Å². The first-order valence-electron chi connectivity index (χ1n) is 31.9. The summed E-state index contributed by atoms with van der Waals surface area (Å²) in [4.78, 5) is 38.3. The SMILES string of the molecule is CC/C=C\C/C=C\C/C=C\C/C=C\C/C=C\CCCCCCCCCCCCCC(=O)OCC(COC(=O)CCCCCCC/C=C\CCCCCCC)OC(=O)CCCCCCCCC/C=C\C/C=C\C/C=C\CC. The minimum atomic E-state index is -0.790. The molecule has 6 heteroatoms. The number of rotatable bonds is 57. The van der Waals surface area contributed by atoms with Gasteiger partial charge in [-0.3, -0.25) is 14.4 Å². The van der Waals surface area contributed by atoms with Crippen molar-refractivity contribution in [3.63, 3.8) is 0 Å². The summed E-state index contributed by atoms with van der Waals surface area (Å²) in [5.41, 5.74) is 0. The molecule has 0 saturated heterocycles. The Labute approximate surface area is 470 Å². The molecule has 0 spiro atoms. The maximum atomic E-state index is 12.9. The van der Waals surface area contributed by atoms with Crippen LogP contribution in [-0.2, 0) is 28.6 Å². The Morgan fingerprint density at radius 1 is 0.276 bits per heavy atom. The highest BCUT2D eigenvalue weighted by Crippen LogP contribution is 2.16. The van der Waals surface area contributed by atoms with E-state index >= 15 is 0 Å². The maximum absolute atomic E-state index is 12.9. The lowest BCUT2D eigenvalue weighted by molar-refractivity contribution is -0.167. The minimum absolute atomic E-state index is 0.0862. The first-order valence-corrected chi connectivity index (χ1v) is 31.9. The molecule has 1 unspecified atom stereocenters. The van der Waals surface area contributed by atoms with Gasteiger partial charge in [-0.05, 0) is 122 Å². The standard InChI is InChI=1S/C70H118O6/c1-4-7-10-13-16-19-22-25-28-30-31-32-33-34-35-36-37-38-39-41-42-45-48-51-54-57-60-63-69(72)75-66-67(65-74-68(71)62-59-56-53-50-47-44-27-24-21-18-15-12-9-6-3)76-70(73)64-61-58-55-52-49-46-43-40-29-26-23-20-17-14-11-8-5-2/h7-8,10-11,16-17,19-20,24-29,31-32,34-35,67H,4-6,9,12-15,18,21-23,30,33,36-66H2,1-3H3/b10-7-,11-8-,19-16-,20-17-,27-24-,28-25-,29-26-,32-31-,35-34-. The van der Waals surface area contributed by atoms with E-state index in [-0.39, 0.29) is 31.1 Å². The van der Waals surface area contributed by atoms with E-state index in [0.717, 1.165) is 122 Å². The van der Waals surface area contributed by atoms with E-state index in [1.54, 1.807) is 0 Å². The third-order valence-electron chi connectivity index (χ3n) is 13.5. The molecular weight excluding hydrogens is 937 g/mol. The molecule has 434 valence electrons. The van der Waals surface area contributed by atoms with Crippen molar-refractivity contribution < 1.29 is 28.6 Å². The smallest absolute Gasteiger partial charge is 0.306 e. The molecule has 0 aliphatic heterocycles. The van der Waals surface area contributed by atoms with Crippen LogP contribution in [0.4, 0.5) is 0 Å². The second-order valence-corrected chi connectivity index (χ2v) is 20.9. The minimum Gasteiger partial charge on any atom is -0.462 e. The van der Waals surface area contributed by atoms with Gasteiger partial charge in [0.2, 0.25) is 0 Å². The zero-order chi connectivity index (χ0) is 55.0. The second-order valence-electron chi connectivity index (χ2n) is 20.9. The van der Waals surface area contributed by atoms with Gasteiger partial charge in [0.1, 0.15) is 13.2 Å². The fraction of sp³-hybridized carbons (Fsp3) is 0.700. The van der Waals surface area contributed by atoms with E-state index in [9.17, 15) is 14.4 Å². The molecule has 0 heterocycles. The fourth-order valence-corrected chi connectivity index (χ4v) is 8.77. The third kappa shape index (κ3) is 60.9. The molecule has 0 radical (unpaired) electrons. The number of hydrogen-bond donors (Lipinski definition) is 0. The van der Waals surface area contributed by atoms with Gasteiger partial charge in [-0.1, -0.05) is 265 Å². The first-order chi connectivity index (χ1) is 37.5. The number of ether oxygens (including phenoxy) is 3. The van der Waals surface area contributed by atoms with Gasteiger partial charge in [0, 0.05) is 19.3 Å². The molecule has 76 heavy (non-hydrogen) atoms. The molecule has 0 rings (SSSR count). The second kappa shape index (κ2) is 63.6. The van der Waals surface area contributed by atoms with E-state index in [1.165, 1.54) is 135 Å². The van der Waals surface area contributed by atoms with Crippen LogP contribution >= 0.6 is 0 Å². The lowest BCUT2D eigenvalue weighted by atomic mass is 10.0. The number of unbranched alkanes of at least 4 members (excludes halogenated alkanes) is 28. The molecule has 6 nitrogen and oxygen atoms in total. The van der Waals surface area contributed by atoms with Crippen LogP contribution in [0.1, 0.15) is 297 Å². The molecule has 0 fully saturated rings. The summed E-state index contributed by atoms with van der Waals surface area (Å²) >= 11 is 0. The van der Waals surface area contributed by atoms with Crippen molar-refractivity contribution in [1.29, 1.82) is 0 Å². The van der Waals surface area contributed by atoms with Gasteiger partial charge in [-0.2, -0.15) is 0 Å². The van der Waals surface area contributed by atoms with Crippen molar-refractivity contribution in [1.82, 2.24) is 0 Å². The van der Waals surface area contributed by atoms with Gasteiger partial charge in [-0.15, -0.1) is 0 Å². The predicted molar refractivity (Wildman–Crippen MR) is 330 cm³/mol. The lowest BCUT2D eigenvalue weighted by Gasteiger charge is -2.18. The summed E-state index contributed by atoms with van der Waals surface area (Å²) in [6.07, 6.45) is 86.6. The topological polar surface area (TPSA) is 78.9 Å². The van der Waals surface area contributed by atoms with Crippen LogP contribution in [0.3, 0.4) is 0 Å². The van der Waals surface area contributed by atoms with Crippen LogP contribution < -0.4 is 0 Å².